The number of hydrogen-bond donors (Lipinski definition) is 1. The Kier molecular flexibility index (Phi) is 3.73. The van der Waals surface area contributed by atoms with Crippen molar-refractivity contribution in [3.05, 3.63) is 27.7 Å². The van der Waals surface area contributed by atoms with Crippen LogP contribution in [0.2, 0.25) is 5.02 Å². The van der Waals surface area contributed by atoms with E-state index in [1.54, 1.807) is 12.1 Å². The highest BCUT2D eigenvalue weighted by molar-refractivity contribution is 7.17. The average Bonchev–Trinajstić information content (AvgIpc) is 2.92. The molecule has 0 aliphatic carbocycles. The van der Waals surface area contributed by atoms with Gasteiger partial charge in [0, 0.05) is 5.56 Å². The maximum Gasteiger partial charge on any atom is 0.347 e. The first-order valence-electron chi connectivity index (χ1n) is 6.42. The summed E-state index contributed by atoms with van der Waals surface area (Å²) < 4.78 is 11.0. The van der Waals surface area contributed by atoms with E-state index >= 15 is 0 Å². The summed E-state index contributed by atoms with van der Waals surface area (Å²) in [7, 11) is 0. The number of halogens is 1. The number of carbonyl (C=O) groups is 1. The van der Waals surface area contributed by atoms with Gasteiger partial charge in [-0.25, -0.2) is 9.78 Å². The van der Waals surface area contributed by atoms with Crippen molar-refractivity contribution in [3.8, 4) is 22.1 Å². The van der Waals surface area contributed by atoms with Gasteiger partial charge in [0.1, 0.15) is 23.1 Å². The monoisotopic (exact) mass is 325 g/mol. The summed E-state index contributed by atoms with van der Waals surface area (Å²) in [5.41, 5.74) is 1.31. The van der Waals surface area contributed by atoms with Crippen molar-refractivity contribution in [2.24, 2.45) is 0 Å². The summed E-state index contributed by atoms with van der Waals surface area (Å²) in [6, 6.07) is 3.50. The summed E-state index contributed by atoms with van der Waals surface area (Å²) in [6.07, 6.45) is 0.566. The van der Waals surface area contributed by atoms with Crippen LogP contribution in [0.25, 0.3) is 10.6 Å². The number of hydrogen-bond acceptors (Lipinski definition) is 5. The van der Waals surface area contributed by atoms with E-state index in [0.29, 0.717) is 46.9 Å². The van der Waals surface area contributed by atoms with Crippen molar-refractivity contribution in [2.45, 2.75) is 13.3 Å². The summed E-state index contributed by atoms with van der Waals surface area (Å²) in [4.78, 5) is 15.9. The number of carboxylic acid groups (broad SMARTS) is 1. The fourth-order valence-electron chi connectivity index (χ4n) is 2.12. The molecule has 5 nitrogen and oxygen atoms in total. The van der Waals surface area contributed by atoms with Gasteiger partial charge in [-0.05, 0) is 18.6 Å². The van der Waals surface area contributed by atoms with Gasteiger partial charge in [0.25, 0.3) is 0 Å². The molecular weight excluding hydrogens is 314 g/mol. The minimum atomic E-state index is -0.959. The first-order valence-corrected chi connectivity index (χ1v) is 7.62. The molecule has 7 heteroatoms. The zero-order valence-electron chi connectivity index (χ0n) is 11.2. The Morgan fingerprint density at radius 2 is 2.19 bits per heavy atom. The van der Waals surface area contributed by atoms with E-state index in [4.69, 9.17) is 21.1 Å². The van der Waals surface area contributed by atoms with Crippen molar-refractivity contribution >= 4 is 28.9 Å². The lowest BCUT2D eigenvalue weighted by atomic mass is 10.2. The van der Waals surface area contributed by atoms with Crippen molar-refractivity contribution < 1.29 is 19.4 Å². The van der Waals surface area contributed by atoms with Crippen LogP contribution in [0.4, 0.5) is 0 Å². The number of benzene rings is 1. The molecule has 1 aliphatic heterocycles. The van der Waals surface area contributed by atoms with Crippen LogP contribution >= 0.6 is 22.9 Å². The lowest BCUT2D eigenvalue weighted by Crippen LogP contribution is -2.15. The number of thiazole rings is 1. The highest BCUT2D eigenvalue weighted by Gasteiger charge is 2.21. The van der Waals surface area contributed by atoms with Crippen LogP contribution < -0.4 is 9.47 Å². The molecule has 110 valence electrons. The third-order valence-corrected chi connectivity index (χ3v) is 4.49. The highest BCUT2D eigenvalue weighted by Crippen LogP contribution is 2.42. The molecule has 1 aliphatic rings. The molecule has 0 spiro atoms. The number of carboxylic acids is 1. The molecule has 0 fully saturated rings. The minimum Gasteiger partial charge on any atom is -0.486 e. The number of rotatable bonds is 3. The van der Waals surface area contributed by atoms with E-state index in [-0.39, 0.29) is 4.88 Å². The summed E-state index contributed by atoms with van der Waals surface area (Å²) in [6.45, 7) is 2.81. The molecule has 3 rings (SSSR count). The third kappa shape index (κ3) is 2.56. The largest absolute Gasteiger partial charge is 0.486 e. The summed E-state index contributed by atoms with van der Waals surface area (Å²) in [5.74, 6) is 0.130. The number of aryl methyl sites for hydroxylation is 1. The van der Waals surface area contributed by atoms with E-state index < -0.39 is 5.97 Å². The Morgan fingerprint density at radius 3 is 2.86 bits per heavy atom. The quantitative estimate of drug-likeness (QED) is 0.935. The highest BCUT2D eigenvalue weighted by atomic mass is 35.5. The fraction of sp³-hybridized carbons (Fsp3) is 0.286. The molecule has 0 unspecified atom stereocenters. The molecule has 0 saturated carbocycles. The van der Waals surface area contributed by atoms with Crippen LogP contribution in [0, 0.1) is 0 Å². The molecule has 0 amide bonds. The van der Waals surface area contributed by atoms with Gasteiger partial charge in [-0.3, -0.25) is 0 Å². The van der Waals surface area contributed by atoms with E-state index in [2.05, 4.69) is 4.98 Å². The molecule has 21 heavy (non-hydrogen) atoms. The standard InChI is InChI=1S/C14H12ClNO4S/c1-2-9-12(14(17)18)21-13(16-9)7-5-8(15)11-10(6-7)19-3-4-20-11/h5-6H,2-4H2,1H3,(H,17,18). The molecule has 0 atom stereocenters. The number of fused-ring (bicyclic) bond motifs is 1. The van der Waals surface area contributed by atoms with Crippen molar-refractivity contribution in [1.29, 1.82) is 0 Å². The molecule has 0 bridgehead atoms. The van der Waals surface area contributed by atoms with E-state index in [1.807, 2.05) is 6.92 Å². The summed E-state index contributed by atoms with van der Waals surface area (Å²) in [5, 5.41) is 10.3. The van der Waals surface area contributed by atoms with E-state index in [1.165, 1.54) is 0 Å². The molecule has 1 aromatic heterocycles. The summed E-state index contributed by atoms with van der Waals surface area (Å²) >= 11 is 7.33. The van der Waals surface area contributed by atoms with Gasteiger partial charge in [0.05, 0.1) is 10.7 Å². The lowest BCUT2D eigenvalue weighted by Gasteiger charge is -2.19. The lowest BCUT2D eigenvalue weighted by molar-refractivity contribution is 0.0701. The Morgan fingerprint density at radius 1 is 1.43 bits per heavy atom. The molecule has 0 radical (unpaired) electrons. The SMILES string of the molecule is CCc1nc(-c2cc(Cl)c3c(c2)OCCO3)sc1C(=O)O. The number of ether oxygens (including phenoxy) is 2. The molecule has 2 heterocycles. The van der Waals surface area contributed by atoms with Crippen molar-refractivity contribution in [2.75, 3.05) is 13.2 Å². The second kappa shape index (κ2) is 5.54. The van der Waals surface area contributed by atoms with Gasteiger partial charge >= 0.3 is 5.97 Å². The van der Waals surface area contributed by atoms with Crippen LogP contribution in [0.15, 0.2) is 12.1 Å². The Labute approximate surface area is 130 Å². The maximum absolute atomic E-state index is 11.2. The fourth-order valence-corrected chi connectivity index (χ4v) is 3.36. The smallest absolute Gasteiger partial charge is 0.347 e. The molecule has 2 aromatic rings. The average molecular weight is 326 g/mol. The molecule has 1 aromatic carbocycles. The van der Waals surface area contributed by atoms with Gasteiger partial charge in [-0.1, -0.05) is 18.5 Å². The van der Waals surface area contributed by atoms with Crippen LogP contribution in [-0.2, 0) is 6.42 Å². The predicted octanol–water partition coefficient (Wildman–Crippen LogP) is 3.50. The van der Waals surface area contributed by atoms with Gasteiger partial charge in [-0.15, -0.1) is 11.3 Å². The second-order valence-electron chi connectivity index (χ2n) is 4.44. The second-order valence-corrected chi connectivity index (χ2v) is 5.84. The minimum absolute atomic E-state index is 0.263. The number of aromatic carboxylic acids is 1. The Hall–Kier alpha value is -1.79. The molecule has 0 saturated heterocycles. The number of aromatic nitrogens is 1. The van der Waals surface area contributed by atoms with Crippen LogP contribution in [0.3, 0.4) is 0 Å². The normalized spacial score (nSPS) is 13.2. The van der Waals surface area contributed by atoms with Crippen LogP contribution in [0.5, 0.6) is 11.5 Å². The van der Waals surface area contributed by atoms with Gasteiger partial charge < -0.3 is 14.6 Å². The predicted molar refractivity (Wildman–Crippen MR) is 79.9 cm³/mol. The molecular formula is C14H12ClNO4S. The van der Waals surface area contributed by atoms with E-state index in [0.717, 1.165) is 16.9 Å². The van der Waals surface area contributed by atoms with Crippen molar-refractivity contribution in [3.63, 3.8) is 0 Å². The first-order chi connectivity index (χ1) is 10.1. The van der Waals surface area contributed by atoms with Gasteiger partial charge in [0.2, 0.25) is 0 Å². The van der Waals surface area contributed by atoms with Crippen molar-refractivity contribution in [1.82, 2.24) is 4.98 Å². The zero-order valence-corrected chi connectivity index (χ0v) is 12.8. The number of nitrogens with zero attached hydrogens (tertiary/aromatic N) is 1. The third-order valence-electron chi connectivity index (χ3n) is 3.07. The topological polar surface area (TPSA) is 68.7 Å². The zero-order chi connectivity index (χ0) is 15.0. The molecule has 1 N–H and O–H groups in total. The Balaban J connectivity index is 2.08. The first kappa shape index (κ1) is 14.2. The maximum atomic E-state index is 11.2. The van der Waals surface area contributed by atoms with E-state index in [9.17, 15) is 9.90 Å². The Bertz CT molecular complexity index is 713. The van der Waals surface area contributed by atoms with Gasteiger partial charge in [0.15, 0.2) is 11.5 Å². The van der Waals surface area contributed by atoms with Crippen LogP contribution in [-0.4, -0.2) is 29.3 Å². The van der Waals surface area contributed by atoms with Crippen LogP contribution in [0.1, 0.15) is 22.3 Å². The van der Waals surface area contributed by atoms with Gasteiger partial charge in [-0.2, -0.15) is 0 Å².